The summed E-state index contributed by atoms with van der Waals surface area (Å²) in [4.78, 5) is 12.6. The average Bonchev–Trinajstić information content (AvgIpc) is 2.65. The first-order valence-corrected chi connectivity index (χ1v) is 7.97. The van der Waals surface area contributed by atoms with E-state index >= 15 is 0 Å². The van der Waals surface area contributed by atoms with Crippen molar-refractivity contribution in [3.05, 3.63) is 57.0 Å². The molecule has 1 aromatic heterocycles. The van der Waals surface area contributed by atoms with Gasteiger partial charge >= 0.3 is 5.63 Å². The van der Waals surface area contributed by atoms with Crippen LogP contribution in [0.15, 0.2) is 38.9 Å². The van der Waals surface area contributed by atoms with Crippen LogP contribution in [0.5, 0.6) is 23.0 Å². The highest BCUT2D eigenvalue weighted by molar-refractivity contribution is 5.60. The standard InChI is InChI=1S/C19H18N2O6/c1-9-5-12-16(19(22)26-9)15(11(8-20)18(21)27-12)10-6-13(23-2)17(25-4)14(7-10)24-3/h5-7,15H,21H2,1-4H3/t15-/m0/s1. The van der Waals surface area contributed by atoms with Crippen LogP contribution in [0.25, 0.3) is 0 Å². The van der Waals surface area contributed by atoms with E-state index in [-0.39, 0.29) is 22.8 Å². The smallest absolute Gasteiger partial charge is 0.343 e. The van der Waals surface area contributed by atoms with Gasteiger partial charge in [0.1, 0.15) is 23.2 Å². The van der Waals surface area contributed by atoms with E-state index in [1.807, 2.05) is 6.07 Å². The van der Waals surface area contributed by atoms with E-state index in [9.17, 15) is 10.1 Å². The minimum absolute atomic E-state index is 0.0752. The van der Waals surface area contributed by atoms with Gasteiger partial charge in [0.25, 0.3) is 0 Å². The molecule has 8 nitrogen and oxygen atoms in total. The van der Waals surface area contributed by atoms with Crippen LogP contribution in [0.1, 0.15) is 22.8 Å². The van der Waals surface area contributed by atoms with Crippen LogP contribution in [0.2, 0.25) is 0 Å². The quantitative estimate of drug-likeness (QED) is 0.870. The lowest BCUT2D eigenvalue weighted by molar-refractivity contribution is 0.323. The Hall–Kier alpha value is -3.60. The van der Waals surface area contributed by atoms with Crippen molar-refractivity contribution in [1.82, 2.24) is 0 Å². The van der Waals surface area contributed by atoms with Gasteiger partial charge in [-0.2, -0.15) is 5.26 Å². The van der Waals surface area contributed by atoms with Crippen LogP contribution >= 0.6 is 0 Å². The van der Waals surface area contributed by atoms with Crippen LogP contribution in [0.3, 0.4) is 0 Å². The minimum atomic E-state index is -0.802. The number of hydrogen-bond acceptors (Lipinski definition) is 8. The first-order chi connectivity index (χ1) is 12.9. The van der Waals surface area contributed by atoms with E-state index in [1.54, 1.807) is 25.1 Å². The summed E-state index contributed by atoms with van der Waals surface area (Å²) in [5.74, 6) is 0.898. The van der Waals surface area contributed by atoms with Gasteiger partial charge in [-0.05, 0) is 24.6 Å². The molecule has 0 unspecified atom stereocenters. The van der Waals surface area contributed by atoms with Crippen molar-refractivity contribution >= 4 is 0 Å². The molecule has 0 fully saturated rings. The number of benzene rings is 1. The Kier molecular flexibility index (Phi) is 4.69. The summed E-state index contributed by atoms with van der Waals surface area (Å²) in [5, 5.41) is 9.63. The number of nitrogens with zero attached hydrogens (tertiary/aromatic N) is 1. The van der Waals surface area contributed by atoms with Crippen molar-refractivity contribution in [3.8, 4) is 29.1 Å². The molecule has 0 saturated heterocycles. The van der Waals surface area contributed by atoms with E-state index < -0.39 is 11.5 Å². The third-order valence-electron chi connectivity index (χ3n) is 4.28. The summed E-state index contributed by atoms with van der Waals surface area (Å²) in [5.41, 5.74) is 6.15. The second-order valence-corrected chi connectivity index (χ2v) is 5.81. The highest BCUT2D eigenvalue weighted by Crippen LogP contribution is 2.46. The molecule has 3 rings (SSSR count). The maximum Gasteiger partial charge on any atom is 0.343 e. The Morgan fingerprint density at radius 2 is 1.74 bits per heavy atom. The summed E-state index contributed by atoms with van der Waals surface area (Å²) in [7, 11) is 4.44. The zero-order chi connectivity index (χ0) is 19.7. The van der Waals surface area contributed by atoms with Gasteiger partial charge in [0.05, 0.1) is 32.8 Å². The number of nitrogens with two attached hydrogens (primary N) is 1. The molecule has 1 aromatic carbocycles. The molecule has 0 aliphatic carbocycles. The first-order valence-electron chi connectivity index (χ1n) is 7.97. The molecule has 0 bridgehead atoms. The predicted octanol–water partition coefficient (Wildman–Crippen LogP) is 2.19. The Morgan fingerprint density at radius 1 is 1.11 bits per heavy atom. The van der Waals surface area contributed by atoms with Gasteiger partial charge < -0.3 is 29.1 Å². The summed E-state index contributed by atoms with van der Waals surface area (Å²) in [6.45, 7) is 1.62. The molecular weight excluding hydrogens is 352 g/mol. The topological polar surface area (TPSA) is 117 Å². The van der Waals surface area contributed by atoms with Crippen molar-refractivity contribution < 1.29 is 23.4 Å². The van der Waals surface area contributed by atoms with Gasteiger partial charge in [-0.3, -0.25) is 0 Å². The van der Waals surface area contributed by atoms with Gasteiger partial charge in [0.15, 0.2) is 11.5 Å². The fourth-order valence-corrected chi connectivity index (χ4v) is 3.12. The maximum atomic E-state index is 12.6. The number of hydrogen-bond donors (Lipinski definition) is 1. The molecule has 2 aromatic rings. The third-order valence-corrected chi connectivity index (χ3v) is 4.28. The molecule has 1 aliphatic rings. The van der Waals surface area contributed by atoms with Crippen LogP contribution in [-0.4, -0.2) is 21.3 Å². The number of aryl methyl sites for hydroxylation is 1. The fourth-order valence-electron chi connectivity index (χ4n) is 3.12. The first kappa shape index (κ1) is 18.2. The van der Waals surface area contributed by atoms with Crippen LogP contribution < -0.4 is 30.3 Å². The monoisotopic (exact) mass is 370 g/mol. The van der Waals surface area contributed by atoms with E-state index in [0.29, 0.717) is 28.6 Å². The number of allylic oxidation sites excluding steroid dienone is 1. The summed E-state index contributed by atoms with van der Waals surface area (Å²) in [6.07, 6.45) is 0. The zero-order valence-corrected chi connectivity index (χ0v) is 15.3. The fraction of sp³-hybridized carbons (Fsp3) is 0.263. The predicted molar refractivity (Wildman–Crippen MR) is 95.1 cm³/mol. The average molecular weight is 370 g/mol. The Bertz CT molecular complexity index is 1010. The molecule has 0 amide bonds. The minimum Gasteiger partial charge on any atom is -0.493 e. The third kappa shape index (κ3) is 2.93. The van der Waals surface area contributed by atoms with Crippen LogP contribution in [-0.2, 0) is 0 Å². The molecule has 0 spiro atoms. The van der Waals surface area contributed by atoms with Gasteiger partial charge in [-0.1, -0.05) is 0 Å². The van der Waals surface area contributed by atoms with E-state index in [0.717, 1.165) is 0 Å². The second-order valence-electron chi connectivity index (χ2n) is 5.81. The van der Waals surface area contributed by atoms with E-state index in [2.05, 4.69) is 0 Å². The van der Waals surface area contributed by atoms with Gasteiger partial charge in [-0.15, -0.1) is 0 Å². The maximum absolute atomic E-state index is 12.6. The lowest BCUT2D eigenvalue weighted by Crippen LogP contribution is -2.26. The zero-order valence-electron chi connectivity index (χ0n) is 15.3. The van der Waals surface area contributed by atoms with Crippen molar-refractivity contribution in [3.63, 3.8) is 0 Å². The van der Waals surface area contributed by atoms with Crippen molar-refractivity contribution in [1.29, 1.82) is 5.26 Å². The molecule has 2 heterocycles. The van der Waals surface area contributed by atoms with Crippen LogP contribution in [0, 0.1) is 18.3 Å². The lowest BCUT2D eigenvalue weighted by Gasteiger charge is -2.26. The number of nitriles is 1. The van der Waals surface area contributed by atoms with E-state index in [1.165, 1.54) is 21.3 Å². The van der Waals surface area contributed by atoms with Gasteiger partial charge in [0, 0.05) is 6.07 Å². The highest BCUT2D eigenvalue weighted by Gasteiger charge is 2.35. The molecule has 2 N–H and O–H groups in total. The molecule has 0 saturated carbocycles. The molecule has 27 heavy (non-hydrogen) atoms. The lowest BCUT2D eigenvalue weighted by atomic mass is 9.84. The molecular formula is C19H18N2O6. The molecule has 0 radical (unpaired) electrons. The summed E-state index contributed by atoms with van der Waals surface area (Å²) < 4.78 is 26.8. The van der Waals surface area contributed by atoms with Gasteiger partial charge in [-0.25, -0.2) is 4.79 Å². The highest BCUT2D eigenvalue weighted by atomic mass is 16.5. The number of ether oxygens (including phenoxy) is 4. The normalized spacial score (nSPS) is 15.4. The van der Waals surface area contributed by atoms with E-state index in [4.69, 9.17) is 29.1 Å². The number of methoxy groups -OCH3 is 3. The Morgan fingerprint density at radius 3 is 2.26 bits per heavy atom. The summed E-state index contributed by atoms with van der Waals surface area (Å²) >= 11 is 0. The summed E-state index contributed by atoms with van der Waals surface area (Å²) in [6, 6.07) is 6.90. The van der Waals surface area contributed by atoms with Gasteiger partial charge in [0.2, 0.25) is 11.6 Å². The Labute approximate surface area is 155 Å². The van der Waals surface area contributed by atoms with Crippen molar-refractivity contribution in [2.75, 3.05) is 21.3 Å². The number of fused-ring (bicyclic) bond motifs is 1. The van der Waals surface area contributed by atoms with Crippen LogP contribution in [0.4, 0.5) is 0 Å². The molecule has 140 valence electrons. The van der Waals surface area contributed by atoms with Crippen molar-refractivity contribution in [2.45, 2.75) is 12.8 Å². The second kappa shape index (κ2) is 6.96. The molecule has 1 atom stereocenters. The molecule has 8 heteroatoms. The van der Waals surface area contributed by atoms with Crippen molar-refractivity contribution in [2.24, 2.45) is 5.73 Å². The molecule has 1 aliphatic heterocycles. The number of rotatable bonds is 4. The largest absolute Gasteiger partial charge is 0.493 e. The Balaban J connectivity index is 2.34. The SMILES string of the molecule is COc1cc([C@H]2C(C#N)=C(N)Oc3cc(C)oc(=O)c32)cc(OC)c1OC.